The Morgan fingerprint density at radius 2 is 2.10 bits per heavy atom. The second kappa shape index (κ2) is 5.92. The minimum Gasteiger partial charge on any atom is -0.382 e. The fraction of sp³-hybridized carbons (Fsp3) is 0.357. The van der Waals surface area contributed by atoms with Gasteiger partial charge >= 0.3 is 0 Å². The van der Waals surface area contributed by atoms with E-state index in [1.54, 1.807) is 12.3 Å². The number of rotatable bonds is 3. The van der Waals surface area contributed by atoms with E-state index in [0.29, 0.717) is 24.6 Å². The predicted molar refractivity (Wildman–Crippen MR) is 78.4 cm³/mol. The van der Waals surface area contributed by atoms with Crippen molar-refractivity contribution < 1.29 is 4.79 Å². The van der Waals surface area contributed by atoms with Gasteiger partial charge in [0.25, 0.3) is 5.91 Å². The van der Waals surface area contributed by atoms with Crippen molar-refractivity contribution >= 4 is 11.7 Å². The lowest BCUT2D eigenvalue weighted by Gasteiger charge is -2.34. The van der Waals surface area contributed by atoms with Crippen molar-refractivity contribution in [3.63, 3.8) is 0 Å². The van der Waals surface area contributed by atoms with Crippen molar-refractivity contribution in [3.05, 3.63) is 41.9 Å². The number of carbonyl (C=O) groups is 1. The van der Waals surface area contributed by atoms with Gasteiger partial charge in [-0.15, -0.1) is 0 Å². The molecule has 2 aromatic rings. The fourth-order valence-electron chi connectivity index (χ4n) is 2.45. The summed E-state index contributed by atoms with van der Waals surface area (Å²) in [6.07, 6.45) is 1.80. The maximum absolute atomic E-state index is 12.2. The van der Waals surface area contributed by atoms with Crippen LogP contribution < -0.4 is 5.73 Å². The molecule has 3 heterocycles. The van der Waals surface area contributed by atoms with Gasteiger partial charge in [0.1, 0.15) is 11.5 Å². The third-order valence-corrected chi connectivity index (χ3v) is 3.60. The van der Waals surface area contributed by atoms with E-state index in [1.165, 1.54) is 0 Å². The first kappa shape index (κ1) is 13.6. The number of carbonyl (C=O) groups excluding carboxylic acids is 1. The van der Waals surface area contributed by atoms with Crippen LogP contribution in [0.4, 0.5) is 5.82 Å². The summed E-state index contributed by atoms with van der Waals surface area (Å²) in [4.78, 5) is 20.7. The second-order valence-electron chi connectivity index (χ2n) is 5.10. The van der Waals surface area contributed by atoms with Crippen molar-refractivity contribution in [1.82, 2.24) is 25.0 Å². The standard InChI is InChI=1S/C14H18N6O/c15-13-9-12(17-18-13)14(21)20-7-5-19(6-8-20)10-11-3-1-2-4-16-11/h1-4,9H,5-8,10H2,(H3,15,17,18). The number of H-pyrrole nitrogens is 1. The number of nitrogen functional groups attached to an aromatic ring is 1. The van der Waals surface area contributed by atoms with Crippen molar-refractivity contribution in [2.24, 2.45) is 0 Å². The Morgan fingerprint density at radius 3 is 2.71 bits per heavy atom. The highest BCUT2D eigenvalue weighted by Crippen LogP contribution is 2.10. The van der Waals surface area contributed by atoms with Gasteiger partial charge in [-0.2, -0.15) is 5.10 Å². The quantitative estimate of drug-likeness (QED) is 0.849. The first-order valence-corrected chi connectivity index (χ1v) is 6.95. The van der Waals surface area contributed by atoms with Gasteiger partial charge in [-0.1, -0.05) is 6.07 Å². The molecule has 0 unspecified atom stereocenters. The summed E-state index contributed by atoms with van der Waals surface area (Å²) in [5.74, 6) is 0.295. The Hall–Kier alpha value is -2.41. The molecule has 2 aromatic heterocycles. The molecule has 1 fully saturated rings. The first-order valence-electron chi connectivity index (χ1n) is 6.95. The zero-order valence-electron chi connectivity index (χ0n) is 11.7. The number of nitrogens with two attached hydrogens (primary N) is 1. The molecule has 1 aliphatic heterocycles. The molecule has 0 spiro atoms. The van der Waals surface area contributed by atoms with E-state index in [-0.39, 0.29) is 5.91 Å². The smallest absolute Gasteiger partial charge is 0.272 e. The van der Waals surface area contributed by atoms with Crippen molar-refractivity contribution in [3.8, 4) is 0 Å². The van der Waals surface area contributed by atoms with Crippen LogP contribution >= 0.6 is 0 Å². The topological polar surface area (TPSA) is 91.1 Å². The van der Waals surface area contributed by atoms with Gasteiger partial charge in [-0.25, -0.2) is 0 Å². The third-order valence-electron chi connectivity index (χ3n) is 3.60. The van der Waals surface area contributed by atoms with Gasteiger partial charge in [0.15, 0.2) is 0 Å². The number of aromatic amines is 1. The Balaban J connectivity index is 1.54. The number of hydrogen-bond donors (Lipinski definition) is 2. The number of nitrogens with one attached hydrogen (secondary N) is 1. The Morgan fingerprint density at radius 1 is 1.29 bits per heavy atom. The molecule has 3 N–H and O–H groups in total. The van der Waals surface area contributed by atoms with Crippen LogP contribution in [0.5, 0.6) is 0 Å². The first-order chi connectivity index (χ1) is 10.2. The van der Waals surface area contributed by atoms with Crippen LogP contribution in [0.1, 0.15) is 16.2 Å². The van der Waals surface area contributed by atoms with E-state index in [4.69, 9.17) is 5.73 Å². The minimum absolute atomic E-state index is 0.0447. The number of aromatic nitrogens is 3. The Bertz CT molecular complexity index is 603. The highest BCUT2D eigenvalue weighted by molar-refractivity contribution is 5.93. The van der Waals surface area contributed by atoms with Crippen LogP contribution in [0.3, 0.4) is 0 Å². The molecule has 0 saturated carbocycles. The zero-order valence-corrected chi connectivity index (χ0v) is 11.7. The SMILES string of the molecule is Nc1cc(C(=O)N2CCN(Cc3ccccn3)CC2)[nH]n1. The van der Waals surface area contributed by atoms with Crippen molar-refractivity contribution in [2.75, 3.05) is 31.9 Å². The second-order valence-corrected chi connectivity index (χ2v) is 5.10. The molecule has 1 saturated heterocycles. The van der Waals surface area contributed by atoms with Crippen molar-refractivity contribution in [2.45, 2.75) is 6.54 Å². The molecule has 1 amide bonds. The molecule has 21 heavy (non-hydrogen) atoms. The largest absolute Gasteiger partial charge is 0.382 e. The van der Waals surface area contributed by atoms with Gasteiger partial charge in [-0.05, 0) is 12.1 Å². The molecule has 0 bridgehead atoms. The monoisotopic (exact) mass is 286 g/mol. The molecular formula is C14H18N6O. The van der Waals surface area contributed by atoms with Gasteiger partial charge in [-0.3, -0.25) is 19.8 Å². The minimum atomic E-state index is -0.0447. The fourth-order valence-corrected chi connectivity index (χ4v) is 2.45. The highest BCUT2D eigenvalue weighted by atomic mass is 16.2. The maximum Gasteiger partial charge on any atom is 0.272 e. The van der Waals surface area contributed by atoms with Gasteiger partial charge in [0.05, 0.1) is 5.69 Å². The Kier molecular flexibility index (Phi) is 3.83. The number of piperazine rings is 1. The molecule has 0 aliphatic carbocycles. The average molecular weight is 286 g/mol. The maximum atomic E-state index is 12.2. The number of amides is 1. The number of nitrogens with zero attached hydrogens (tertiary/aromatic N) is 4. The number of hydrogen-bond acceptors (Lipinski definition) is 5. The third kappa shape index (κ3) is 3.19. The van der Waals surface area contributed by atoms with E-state index in [2.05, 4.69) is 20.1 Å². The Labute approximate surface area is 122 Å². The molecule has 0 atom stereocenters. The summed E-state index contributed by atoms with van der Waals surface area (Å²) in [5.41, 5.74) is 7.03. The summed E-state index contributed by atoms with van der Waals surface area (Å²) in [7, 11) is 0. The van der Waals surface area contributed by atoms with E-state index >= 15 is 0 Å². The van der Waals surface area contributed by atoms with Gasteiger partial charge in [0.2, 0.25) is 0 Å². The zero-order chi connectivity index (χ0) is 14.7. The molecule has 110 valence electrons. The van der Waals surface area contributed by atoms with Crippen LogP contribution in [0, 0.1) is 0 Å². The van der Waals surface area contributed by atoms with Crippen LogP contribution in [0.25, 0.3) is 0 Å². The molecule has 7 heteroatoms. The molecular weight excluding hydrogens is 268 g/mol. The van der Waals surface area contributed by atoms with Crippen LogP contribution in [0.2, 0.25) is 0 Å². The molecule has 0 radical (unpaired) electrons. The summed E-state index contributed by atoms with van der Waals surface area (Å²) >= 11 is 0. The van der Waals surface area contributed by atoms with Crippen LogP contribution in [-0.4, -0.2) is 57.1 Å². The molecule has 3 rings (SSSR count). The lowest BCUT2D eigenvalue weighted by Crippen LogP contribution is -2.48. The normalized spacial score (nSPS) is 16.1. The van der Waals surface area contributed by atoms with E-state index in [0.717, 1.165) is 25.3 Å². The molecule has 1 aliphatic rings. The van der Waals surface area contributed by atoms with E-state index in [9.17, 15) is 4.79 Å². The van der Waals surface area contributed by atoms with Gasteiger partial charge < -0.3 is 10.6 Å². The summed E-state index contributed by atoms with van der Waals surface area (Å²) in [6, 6.07) is 7.49. The van der Waals surface area contributed by atoms with Crippen molar-refractivity contribution in [1.29, 1.82) is 0 Å². The van der Waals surface area contributed by atoms with E-state index in [1.807, 2.05) is 23.1 Å². The number of pyridine rings is 1. The predicted octanol–water partition coefficient (Wildman–Crippen LogP) is 0.345. The lowest BCUT2D eigenvalue weighted by atomic mass is 10.2. The molecule has 0 aromatic carbocycles. The highest BCUT2D eigenvalue weighted by Gasteiger charge is 2.23. The summed E-state index contributed by atoms with van der Waals surface area (Å²) in [6.45, 7) is 3.90. The summed E-state index contributed by atoms with van der Waals surface area (Å²) in [5, 5.41) is 6.45. The number of anilines is 1. The summed E-state index contributed by atoms with van der Waals surface area (Å²) < 4.78 is 0. The van der Waals surface area contributed by atoms with Crippen LogP contribution in [0.15, 0.2) is 30.5 Å². The van der Waals surface area contributed by atoms with E-state index < -0.39 is 0 Å². The van der Waals surface area contributed by atoms with Crippen LogP contribution in [-0.2, 0) is 6.54 Å². The van der Waals surface area contributed by atoms with Gasteiger partial charge in [0, 0.05) is 45.0 Å². The lowest BCUT2D eigenvalue weighted by molar-refractivity contribution is 0.0621. The molecule has 7 nitrogen and oxygen atoms in total. The average Bonchev–Trinajstić information content (AvgIpc) is 2.95.